The molecule has 0 fully saturated rings. The zero-order chi connectivity index (χ0) is 13.1. The molecule has 0 unspecified atom stereocenters. The number of hydrogen-bond acceptors (Lipinski definition) is 2. The highest BCUT2D eigenvalue weighted by molar-refractivity contribution is 5.50. The van der Waals surface area contributed by atoms with Gasteiger partial charge in [-0.3, -0.25) is 0 Å². The van der Waals surface area contributed by atoms with Gasteiger partial charge in [0.15, 0.2) is 0 Å². The van der Waals surface area contributed by atoms with Crippen molar-refractivity contribution in [2.24, 2.45) is 5.41 Å². The average molecular weight is 235 g/mol. The van der Waals surface area contributed by atoms with E-state index < -0.39 is 0 Å². The van der Waals surface area contributed by atoms with Crippen LogP contribution in [0.25, 0.3) is 0 Å². The molecule has 1 aromatic carbocycles. The lowest BCUT2D eigenvalue weighted by molar-refractivity contribution is 0.294. The third kappa shape index (κ3) is 4.39. The Morgan fingerprint density at radius 1 is 1.12 bits per heavy atom. The Kier molecular flexibility index (Phi) is 4.58. The predicted octanol–water partition coefficient (Wildman–Crippen LogP) is 3.15. The summed E-state index contributed by atoms with van der Waals surface area (Å²) in [5.74, 6) is 0. The average Bonchev–Trinajstić information content (AvgIpc) is 2.19. The van der Waals surface area contributed by atoms with Gasteiger partial charge in [0, 0.05) is 18.8 Å². The van der Waals surface area contributed by atoms with E-state index in [0.717, 1.165) is 6.54 Å². The fourth-order valence-corrected chi connectivity index (χ4v) is 1.92. The molecule has 0 radical (unpaired) electrons. The van der Waals surface area contributed by atoms with Gasteiger partial charge in [0.1, 0.15) is 0 Å². The molecule has 96 valence electrons. The molecule has 0 aliphatic carbocycles. The molecule has 0 atom stereocenters. The van der Waals surface area contributed by atoms with E-state index in [1.807, 2.05) is 0 Å². The molecule has 1 aromatic rings. The van der Waals surface area contributed by atoms with Gasteiger partial charge in [-0.25, -0.2) is 0 Å². The Balaban J connectivity index is 2.93. The van der Waals surface area contributed by atoms with Crippen LogP contribution in [0.2, 0.25) is 0 Å². The molecule has 0 saturated carbocycles. The van der Waals surface area contributed by atoms with Crippen LogP contribution < -0.4 is 4.90 Å². The molecule has 0 aliphatic heterocycles. The Hall–Kier alpha value is -1.02. The van der Waals surface area contributed by atoms with Crippen molar-refractivity contribution < 1.29 is 5.11 Å². The largest absolute Gasteiger partial charge is 0.395 e. The second-order valence-corrected chi connectivity index (χ2v) is 5.97. The number of aryl methyl sites for hydroxylation is 2. The van der Waals surface area contributed by atoms with Crippen LogP contribution in [0.15, 0.2) is 18.2 Å². The van der Waals surface area contributed by atoms with E-state index in [1.165, 1.54) is 16.8 Å². The standard InChI is InChI=1S/C15H25NO/c1-12-6-7-14(10-13(12)2)16(8-9-17)11-15(3,4)5/h6-7,10,17H,8-9,11H2,1-5H3. The SMILES string of the molecule is Cc1ccc(N(CCO)CC(C)(C)C)cc1C. The van der Waals surface area contributed by atoms with Crippen molar-refractivity contribution in [3.63, 3.8) is 0 Å². The summed E-state index contributed by atoms with van der Waals surface area (Å²) in [6.45, 7) is 12.8. The van der Waals surface area contributed by atoms with Crippen molar-refractivity contribution in [2.45, 2.75) is 34.6 Å². The minimum atomic E-state index is 0.197. The molecule has 0 aromatic heterocycles. The highest BCUT2D eigenvalue weighted by Crippen LogP contribution is 2.23. The molecule has 0 amide bonds. The third-order valence-electron chi connectivity index (χ3n) is 2.89. The lowest BCUT2D eigenvalue weighted by atomic mass is 9.95. The molecule has 2 nitrogen and oxygen atoms in total. The van der Waals surface area contributed by atoms with Gasteiger partial charge in [-0.2, -0.15) is 0 Å². The Bertz CT molecular complexity index is 366. The summed E-state index contributed by atoms with van der Waals surface area (Å²) in [5.41, 5.74) is 4.05. The van der Waals surface area contributed by atoms with Crippen molar-refractivity contribution in [1.29, 1.82) is 0 Å². The van der Waals surface area contributed by atoms with E-state index in [-0.39, 0.29) is 12.0 Å². The van der Waals surface area contributed by atoms with Gasteiger partial charge in [0.05, 0.1) is 6.61 Å². The first-order valence-electron chi connectivity index (χ1n) is 6.26. The maximum absolute atomic E-state index is 9.18. The monoisotopic (exact) mass is 235 g/mol. The fraction of sp³-hybridized carbons (Fsp3) is 0.600. The van der Waals surface area contributed by atoms with Gasteiger partial charge in [0.2, 0.25) is 0 Å². The summed E-state index contributed by atoms with van der Waals surface area (Å²) in [4.78, 5) is 2.26. The molecular weight excluding hydrogens is 210 g/mol. The Labute approximate surface area is 105 Å². The molecule has 2 heteroatoms. The highest BCUT2D eigenvalue weighted by Gasteiger charge is 2.16. The van der Waals surface area contributed by atoms with Crippen molar-refractivity contribution >= 4 is 5.69 Å². The minimum absolute atomic E-state index is 0.197. The van der Waals surface area contributed by atoms with Gasteiger partial charge in [-0.15, -0.1) is 0 Å². The number of benzene rings is 1. The van der Waals surface area contributed by atoms with Crippen LogP contribution in [0.4, 0.5) is 5.69 Å². The first-order valence-corrected chi connectivity index (χ1v) is 6.26. The second kappa shape index (κ2) is 5.54. The maximum atomic E-state index is 9.18. The van der Waals surface area contributed by atoms with Crippen molar-refractivity contribution in [3.8, 4) is 0 Å². The van der Waals surface area contributed by atoms with Crippen LogP contribution in [-0.2, 0) is 0 Å². The smallest absolute Gasteiger partial charge is 0.0606 e. The number of nitrogens with zero attached hydrogens (tertiary/aromatic N) is 1. The number of rotatable bonds is 4. The summed E-state index contributed by atoms with van der Waals surface area (Å²) in [7, 11) is 0. The molecule has 0 saturated heterocycles. The molecule has 1 rings (SSSR count). The van der Waals surface area contributed by atoms with Crippen LogP contribution in [0.1, 0.15) is 31.9 Å². The topological polar surface area (TPSA) is 23.5 Å². The zero-order valence-electron chi connectivity index (χ0n) is 11.7. The third-order valence-corrected chi connectivity index (χ3v) is 2.89. The molecule has 1 N–H and O–H groups in total. The fourth-order valence-electron chi connectivity index (χ4n) is 1.92. The van der Waals surface area contributed by atoms with Gasteiger partial charge in [-0.05, 0) is 42.5 Å². The molecular formula is C15H25NO. The van der Waals surface area contributed by atoms with Crippen LogP contribution in [0.3, 0.4) is 0 Å². The van der Waals surface area contributed by atoms with Crippen LogP contribution in [-0.4, -0.2) is 24.8 Å². The summed E-state index contributed by atoms with van der Waals surface area (Å²) in [6.07, 6.45) is 0. The first kappa shape index (κ1) is 14.0. The molecule has 0 heterocycles. The number of aliphatic hydroxyl groups is 1. The summed E-state index contributed by atoms with van der Waals surface area (Å²) in [5, 5.41) is 9.18. The quantitative estimate of drug-likeness (QED) is 0.866. The van der Waals surface area contributed by atoms with E-state index in [0.29, 0.717) is 6.54 Å². The first-order chi connectivity index (χ1) is 7.83. The number of hydrogen-bond donors (Lipinski definition) is 1. The van der Waals surface area contributed by atoms with E-state index in [4.69, 9.17) is 0 Å². The van der Waals surface area contributed by atoms with E-state index in [9.17, 15) is 5.11 Å². The second-order valence-electron chi connectivity index (χ2n) is 5.97. The van der Waals surface area contributed by atoms with Gasteiger partial charge < -0.3 is 10.0 Å². The molecule has 17 heavy (non-hydrogen) atoms. The van der Waals surface area contributed by atoms with Gasteiger partial charge in [-0.1, -0.05) is 26.8 Å². The minimum Gasteiger partial charge on any atom is -0.395 e. The number of aliphatic hydroxyl groups excluding tert-OH is 1. The summed E-state index contributed by atoms with van der Waals surface area (Å²) in [6, 6.07) is 6.50. The number of anilines is 1. The molecule has 0 bridgehead atoms. The molecule has 0 aliphatic rings. The van der Waals surface area contributed by atoms with Gasteiger partial charge >= 0.3 is 0 Å². The lowest BCUT2D eigenvalue weighted by Gasteiger charge is -2.31. The Morgan fingerprint density at radius 2 is 1.76 bits per heavy atom. The zero-order valence-corrected chi connectivity index (χ0v) is 11.7. The van der Waals surface area contributed by atoms with Crippen molar-refractivity contribution in [3.05, 3.63) is 29.3 Å². The molecule has 0 spiro atoms. The lowest BCUT2D eigenvalue weighted by Crippen LogP contribution is -2.34. The van der Waals surface area contributed by atoms with Crippen LogP contribution in [0, 0.1) is 19.3 Å². The van der Waals surface area contributed by atoms with Gasteiger partial charge in [0.25, 0.3) is 0 Å². The van der Waals surface area contributed by atoms with E-state index >= 15 is 0 Å². The normalized spacial score (nSPS) is 11.6. The van der Waals surface area contributed by atoms with Crippen molar-refractivity contribution in [1.82, 2.24) is 0 Å². The van der Waals surface area contributed by atoms with Crippen LogP contribution in [0.5, 0.6) is 0 Å². The summed E-state index contributed by atoms with van der Waals surface area (Å²) >= 11 is 0. The van der Waals surface area contributed by atoms with E-state index in [1.54, 1.807) is 0 Å². The summed E-state index contributed by atoms with van der Waals surface area (Å²) < 4.78 is 0. The van der Waals surface area contributed by atoms with E-state index in [2.05, 4.69) is 57.7 Å². The van der Waals surface area contributed by atoms with Crippen LogP contribution >= 0.6 is 0 Å². The Morgan fingerprint density at radius 3 is 2.24 bits per heavy atom. The maximum Gasteiger partial charge on any atom is 0.0606 e. The highest BCUT2D eigenvalue weighted by atomic mass is 16.3. The predicted molar refractivity (Wildman–Crippen MR) is 74.7 cm³/mol. The van der Waals surface area contributed by atoms with Crippen molar-refractivity contribution in [2.75, 3.05) is 24.6 Å².